The lowest BCUT2D eigenvalue weighted by molar-refractivity contribution is 0.591. The molecular weight excluding hydrogens is 370 g/mol. The van der Waals surface area contributed by atoms with Crippen molar-refractivity contribution < 1.29 is 0 Å². The number of aromatic nitrogens is 4. The number of aromatic amines is 2. The molecule has 30 heavy (non-hydrogen) atoms. The van der Waals surface area contributed by atoms with Crippen molar-refractivity contribution in [2.45, 2.75) is 65.7 Å². The Bertz CT molecular complexity index is 1200. The molecular formula is C25H33N5. The maximum absolute atomic E-state index is 4.36. The SMILES string of the molecule is CNc1c(C)ccc2n[nH]c(C3CC3)c12.Cc1ccc2n[nH]c(C)c2c1C(C)(C)C. The van der Waals surface area contributed by atoms with Crippen LogP contribution in [0.4, 0.5) is 5.69 Å². The van der Waals surface area contributed by atoms with Gasteiger partial charge in [0.1, 0.15) is 0 Å². The van der Waals surface area contributed by atoms with Gasteiger partial charge in [0.15, 0.2) is 0 Å². The second-order valence-corrected chi connectivity index (χ2v) is 9.56. The van der Waals surface area contributed by atoms with Crippen LogP contribution in [0.5, 0.6) is 0 Å². The first kappa shape index (κ1) is 20.5. The van der Waals surface area contributed by atoms with E-state index in [0.717, 1.165) is 11.0 Å². The first-order chi connectivity index (χ1) is 14.2. The maximum Gasteiger partial charge on any atom is 0.0944 e. The molecule has 1 aliphatic rings. The molecule has 2 heterocycles. The molecule has 3 N–H and O–H groups in total. The lowest BCUT2D eigenvalue weighted by atomic mass is 9.81. The minimum absolute atomic E-state index is 0.165. The minimum Gasteiger partial charge on any atom is -0.387 e. The predicted molar refractivity (Wildman–Crippen MR) is 127 cm³/mol. The molecule has 5 rings (SSSR count). The molecule has 1 aliphatic carbocycles. The van der Waals surface area contributed by atoms with E-state index in [1.54, 1.807) is 0 Å². The smallest absolute Gasteiger partial charge is 0.0944 e. The van der Waals surface area contributed by atoms with Gasteiger partial charge >= 0.3 is 0 Å². The van der Waals surface area contributed by atoms with Crippen LogP contribution in [0.3, 0.4) is 0 Å². The Kier molecular flexibility index (Phi) is 5.08. The molecule has 0 radical (unpaired) electrons. The zero-order valence-electron chi connectivity index (χ0n) is 19.2. The van der Waals surface area contributed by atoms with Crippen molar-refractivity contribution >= 4 is 27.5 Å². The third-order valence-corrected chi connectivity index (χ3v) is 6.05. The van der Waals surface area contributed by atoms with E-state index in [1.807, 2.05) is 7.05 Å². The van der Waals surface area contributed by atoms with Crippen LogP contribution < -0.4 is 5.32 Å². The summed E-state index contributed by atoms with van der Waals surface area (Å²) in [7, 11) is 1.98. The molecule has 0 aliphatic heterocycles. The summed E-state index contributed by atoms with van der Waals surface area (Å²) >= 11 is 0. The second-order valence-electron chi connectivity index (χ2n) is 9.56. The van der Waals surface area contributed by atoms with Crippen LogP contribution in [-0.4, -0.2) is 27.4 Å². The number of nitrogens with one attached hydrogen (secondary N) is 3. The molecule has 0 atom stereocenters. The monoisotopic (exact) mass is 403 g/mol. The molecule has 0 saturated heterocycles. The van der Waals surface area contributed by atoms with Gasteiger partial charge in [-0.2, -0.15) is 10.2 Å². The molecule has 1 saturated carbocycles. The van der Waals surface area contributed by atoms with Crippen LogP contribution in [0.1, 0.15) is 67.6 Å². The van der Waals surface area contributed by atoms with E-state index in [1.165, 1.54) is 57.4 Å². The van der Waals surface area contributed by atoms with Crippen LogP contribution in [0, 0.1) is 20.8 Å². The number of H-pyrrole nitrogens is 2. The van der Waals surface area contributed by atoms with Gasteiger partial charge in [0.25, 0.3) is 0 Å². The van der Waals surface area contributed by atoms with E-state index in [9.17, 15) is 0 Å². The van der Waals surface area contributed by atoms with Crippen LogP contribution in [0.25, 0.3) is 21.8 Å². The summed E-state index contributed by atoms with van der Waals surface area (Å²) in [5.74, 6) is 0.712. The Labute approximate surface area is 178 Å². The van der Waals surface area contributed by atoms with Crippen molar-refractivity contribution in [2.75, 3.05) is 12.4 Å². The summed E-state index contributed by atoms with van der Waals surface area (Å²) in [6.07, 6.45) is 2.60. The highest BCUT2D eigenvalue weighted by Gasteiger charge is 2.28. The second kappa shape index (κ2) is 7.46. The van der Waals surface area contributed by atoms with Gasteiger partial charge in [0.2, 0.25) is 0 Å². The summed E-state index contributed by atoms with van der Waals surface area (Å²) in [4.78, 5) is 0. The number of benzene rings is 2. The Morgan fingerprint density at radius 2 is 1.47 bits per heavy atom. The number of anilines is 1. The lowest BCUT2D eigenvalue weighted by Crippen LogP contribution is -2.13. The van der Waals surface area contributed by atoms with E-state index in [2.05, 4.69) is 91.5 Å². The molecule has 5 nitrogen and oxygen atoms in total. The third kappa shape index (κ3) is 3.57. The largest absolute Gasteiger partial charge is 0.387 e. The minimum atomic E-state index is 0.165. The van der Waals surface area contributed by atoms with Crippen molar-refractivity contribution in [1.29, 1.82) is 0 Å². The fourth-order valence-electron chi connectivity index (χ4n) is 4.56. The molecule has 0 spiro atoms. The summed E-state index contributed by atoms with van der Waals surface area (Å²) in [5, 5.41) is 20.8. The molecule has 158 valence electrons. The first-order valence-corrected chi connectivity index (χ1v) is 10.8. The number of nitrogens with zero attached hydrogens (tertiary/aromatic N) is 2. The topological polar surface area (TPSA) is 69.4 Å². The van der Waals surface area contributed by atoms with Gasteiger partial charge in [0, 0.05) is 40.8 Å². The van der Waals surface area contributed by atoms with Gasteiger partial charge < -0.3 is 5.32 Å². The number of hydrogen-bond donors (Lipinski definition) is 3. The highest BCUT2D eigenvalue weighted by molar-refractivity contribution is 5.95. The molecule has 2 aromatic heterocycles. The first-order valence-electron chi connectivity index (χ1n) is 10.8. The predicted octanol–water partition coefficient (Wildman–Crippen LogP) is 6.27. The Hall–Kier alpha value is -2.82. The van der Waals surface area contributed by atoms with E-state index in [-0.39, 0.29) is 5.41 Å². The van der Waals surface area contributed by atoms with Crippen molar-refractivity contribution in [3.05, 3.63) is 52.3 Å². The molecule has 1 fully saturated rings. The van der Waals surface area contributed by atoms with Gasteiger partial charge in [0.05, 0.1) is 11.0 Å². The Morgan fingerprint density at radius 3 is 2.07 bits per heavy atom. The fourth-order valence-corrected chi connectivity index (χ4v) is 4.56. The summed E-state index contributed by atoms with van der Waals surface area (Å²) in [5.41, 5.74) is 10.1. The molecule has 0 bridgehead atoms. The van der Waals surface area contributed by atoms with Gasteiger partial charge in [-0.1, -0.05) is 32.9 Å². The Balaban J connectivity index is 0.000000145. The van der Waals surface area contributed by atoms with Crippen LogP contribution in [-0.2, 0) is 5.41 Å². The Morgan fingerprint density at radius 1 is 0.867 bits per heavy atom. The summed E-state index contributed by atoms with van der Waals surface area (Å²) in [6, 6.07) is 8.45. The average Bonchev–Trinajstić information content (AvgIpc) is 3.34. The summed E-state index contributed by atoms with van der Waals surface area (Å²) < 4.78 is 0. The highest BCUT2D eigenvalue weighted by Crippen LogP contribution is 2.44. The van der Waals surface area contributed by atoms with E-state index >= 15 is 0 Å². The van der Waals surface area contributed by atoms with E-state index in [4.69, 9.17) is 0 Å². The maximum atomic E-state index is 4.36. The number of rotatable bonds is 2. The molecule has 5 heteroatoms. The van der Waals surface area contributed by atoms with E-state index in [0.29, 0.717) is 5.92 Å². The van der Waals surface area contributed by atoms with Crippen molar-refractivity contribution in [3.63, 3.8) is 0 Å². The molecule has 2 aromatic carbocycles. The fraction of sp³-hybridized carbons (Fsp3) is 0.440. The normalized spacial score (nSPS) is 14.1. The molecule has 0 amide bonds. The zero-order chi connectivity index (χ0) is 21.6. The van der Waals surface area contributed by atoms with E-state index < -0.39 is 0 Å². The van der Waals surface area contributed by atoms with Gasteiger partial charge in [-0.05, 0) is 67.9 Å². The standard InChI is InChI=1S/C13H18N2.C12H15N3/c1-8-6-7-10-11(9(2)14-15-10)12(8)13(3,4)5;1-7-3-6-9-10(11(7)13-2)12(15-14-9)8-4-5-8/h6-7H,1-5H3,(H,14,15);3,6,8,13H,4-5H2,1-2H3,(H,14,15). The van der Waals surface area contributed by atoms with Gasteiger partial charge in [-0.3, -0.25) is 10.2 Å². The van der Waals surface area contributed by atoms with Gasteiger partial charge in [-0.25, -0.2) is 0 Å². The zero-order valence-corrected chi connectivity index (χ0v) is 19.2. The van der Waals surface area contributed by atoms with Crippen molar-refractivity contribution in [2.24, 2.45) is 0 Å². The van der Waals surface area contributed by atoms with Crippen LogP contribution in [0.15, 0.2) is 24.3 Å². The third-order valence-electron chi connectivity index (χ3n) is 6.05. The van der Waals surface area contributed by atoms with Crippen molar-refractivity contribution in [3.8, 4) is 0 Å². The average molecular weight is 404 g/mol. The van der Waals surface area contributed by atoms with Crippen LogP contribution in [0.2, 0.25) is 0 Å². The number of aryl methyl sites for hydroxylation is 3. The number of hydrogen-bond acceptors (Lipinski definition) is 3. The van der Waals surface area contributed by atoms with Crippen LogP contribution >= 0.6 is 0 Å². The van der Waals surface area contributed by atoms with Crippen molar-refractivity contribution in [1.82, 2.24) is 20.4 Å². The number of fused-ring (bicyclic) bond motifs is 2. The lowest BCUT2D eigenvalue weighted by Gasteiger charge is -2.23. The quantitative estimate of drug-likeness (QED) is 0.369. The highest BCUT2D eigenvalue weighted by atomic mass is 15.1. The molecule has 4 aromatic rings. The summed E-state index contributed by atoms with van der Waals surface area (Å²) in [6.45, 7) is 13.1. The van der Waals surface area contributed by atoms with Gasteiger partial charge in [-0.15, -0.1) is 0 Å². The molecule has 0 unspecified atom stereocenters.